The summed E-state index contributed by atoms with van der Waals surface area (Å²) in [6, 6.07) is 15.9. The third-order valence-electron chi connectivity index (χ3n) is 7.08. The molecule has 0 N–H and O–H groups in total. The van der Waals surface area contributed by atoms with Gasteiger partial charge in [-0.1, -0.05) is 23.7 Å². The van der Waals surface area contributed by atoms with Gasteiger partial charge in [-0.2, -0.15) is 5.26 Å². The molecule has 37 heavy (non-hydrogen) atoms. The summed E-state index contributed by atoms with van der Waals surface area (Å²) < 4.78 is 17.0. The summed E-state index contributed by atoms with van der Waals surface area (Å²) in [6.07, 6.45) is 1.64. The summed E-state index contributed by atoms with van der Waals surface area (Å²) in [5.41, 5.74) is 3.80. The fourth-order valence-electron chi connectivity index (χ4n) is 4.99. The van der Waals surface area contributed by atoms with E-state index in [-0.39, 0.29) is 23.5 Å². The van der Waals surface area contributed by atoms with Crippen LogP contribution >= 0.6 is 11.6 Å². The number of hydrogen-bond acceptors (Lipinski definition) is 6. The van der Waals surface area contributed by atoms with E-state index < -0.39 is 0 Å². The van der Waals surface area contributed by atoms with Crippen LogP contribution in [-0.2, 0) is 13.6 Å². The second-order valence-electron chi connectivity index (χ2n) is 9.51. The van der Waals surface area contributed by atoms with Crippen molar-refractivity contribution >= 4 is 28.3 Å². The van der Waals surface area contributed by atoms with E-state index in [4.69, 9.17) is 11.6 Å². The van der Waals surface area contributed by atoms with E-state index in [0.717, 1.165) is 5.56 Å². The second kappa shape index (κ2) is 9.92. The number of pyridine rings is 3. The van der Waals surface area contributed by atoms with E-state index in [2.05, 4.69) is 39.7 Å². The maximum absolute atomic E-state index is 15.5. The SMILES string of the molecule is C[C@H]1CN(c2cc(=O)n(C)c3ccc(C#N)nc23)[C@@H](C)CN1Cc1nccc(-c2ccc(Cl)cc2)c1F. The normalized spacial score (nSPS) is 18.2. The molecule has 1 fully saturated rings. The Morgan fingerprint density at radius 2 is 1.86 bits per heavy atom. The number of nitriles is 1. The molecule has 0 bridgehead atoms. The van der Waals surface area contributed by atoms with E-state index in [9.17, 15) is 10.1 Å². The zero-order valence-electron chi connectivity index (χ0n) is 20.8. The maximum atomic E-state index is 15.5. The zero-order valence-corrected chi connectivity index (χ0v) is 21.6. The summed E-state index contributed by atoms with van der Waals surface area (Å²) >= 11 is 5.99. The fraction of sp³-hybridized carbons (Fsp3) is 0.286. The van der Waals surface area contributed by atoms with Crippen LogP contribution in [-0.4, -0.2) is 44.6 Å². The summed E-state index contributed by atoms with van der Waals surface area (Å²) in [6.45, 7) is 5.77. The van der Waals surface area contributed by atoms with Crippen molar-refractivity contribution in [3.63, 3.8) is 0 Å². The highest BCUT2D eigenvalue weighted by molar-refractivity contribution is 6.30. The molecular formula is C28H26ClFN6O. The molecule has 188 valence electrons. The van der Waals surface area contributed by atoms with Crippen LogP contribution in [0.4, 0.5) is 10.1 Å². The Balaban J connectivity index is 1.43. The van der Waals surface area contributed by atoms with E-state index in [1.807, 2.05) is 0 Å². The molecule has 1 aliphatic rings. The third kappa shape index (κ3) is 4.68. The summed E-state index contributed by atoms with van der Waals surface area (Å²) in [5, 5.41) is 9.97. The van der Waals surface area contributed by atoms with Crippen LogP contribution < -0.4 is 10.5 Å². The second-order valence-corrected chi connectivity index (χ2v) is 9.95. The lowest BCUT2D eigenvalue weighted by molar-refractivity contribution is 0.154. The van der Waals surface area contributed by atoms with Gasteiger partial charge in [0.1, 0.15) is 17.3 Å². The van der Waals surface area contributed by atoms with Gasteiger partial charge in [0, 0.05) is 61.6 Å². The molecule has 4 aromatic rings. The van der Waals surface area contributed by atoms with Gasteiger partial charge in [-0.25, -0.2) is 9.37 Å². The average molecular weight is 517 g/mol. The molecule has 3 aromatic heterocycles. The molecule has 4 heterocycles. The van der Waals surface area contributed by atoms with Crippen LogP contribution in [0.5, 0.6) is 0 Å². The number of hydrogen-bond donors (Lipinski definition) is 0. The first-order valence-electron chi connectivity index (χ1n) is 12.1. The fourth-order valence-corrected chi connectivity index (χ4v) is 5.12. The summed E-state index contributed by atoms with van der Waals surface area (Å²) in [5.74, 6) is -0.335. The Hall–Kier alpha value is -3.80. The first kappa shape index (κ1) is 24.9. The monoisotopic (exact) mass is 516 g/mol. The molecular weight excluding hydrogens is 491 g/mol. The predicted molar refractivity (Wildman–Crippen MR) is 143 cm³/mol. The molecule has 2 atom stereocenters. The largest absolute Gasteiger partial charge is 0.364 e. The average Bonchev–Trinajstić information content (AvgIpc) is 2.89. The third-order valence-corrected chi connectivity index (χ3v) is 7.33. The first-order valence-corrected chi connectivity index (χ1v) is 12.5. The highest BCUT2D eigenvalue weighted by Crippen LogP contribution is 2.30. The number of aromatic nitrogens is 3. The molecule has 1 saturated heterocycles. The Morgan fingerprint density at radius 3 is 2.59 bits per heavy atom. The number of fused-ring (bicyclic) bond motifs is 1. The number of aryl methyl sites for hydroxylation is 1. The van der Waals surface area contributed by atoms with Gasteiger partial charge in [0.2, 0.25) is 0 Å². The minimum absolute atomic E-state index is 0.0153. The van der Waals surface area contributed by atoms with Crippen LogP contribution in [0.3, 0.4) is 0 Å². The first-order chi connectivity index (χ1) is 17.8. The van der Waals surface area contributed by atoms with Gasteiger partial charge in [0.05, 0.1) is 16.9 Å². The van der Waals surface area contributed by atoms with Crippen molar-refractivity contribution in [2.24, 2.45) is 7.05 Å². The summed E-state index contributed by atoms with van der Waals surface area (Å²) in [4.78, 5) is 26.0. The van der Waals surface area contributed by atoms with Gasteiger partial charge in [-0.05, 0) is 49.7 Å². The van der Waals surface area contributed by atoms with Crippen molar-refractivity contribution < 1.29 is 4.39 Å². The Bertz CT molecular complexity index is 1580. The lowest BCUT2D eigenvalue weighted by atomic mass is 10.0. The standard InChI is InChI=1S/C28H26ClFN6O/c1-17-15-36(25-12-26(37)34(3)24-9-8-21(13-31)33-28(24)25)18(2)14-35(17)16-23-27(30)22(10-11-32-23)19-4-6-20(29)7-5-19/h4-12,17-18H,14-16H2,1-3H3/t17-,18-/m0/s1. The molecule has 0 aliphatic carbocycles. The topological polar surface area (TPSA) is 78.0 Å². The number of halogens is 2. The van der Waals surface area contributed by atoms with Crippen molar-refractivity contribution in [1.82, 2.24) is 19.4 Å². The molecule has 1 aromatic carbocycles. The van der Waals surface area contributed by atoms with E-state index in [1.165, 1.54) is 0 Å². The highest BCUT2D eigenvalue weighted by Gasteiger charge is 2.32. The Labute approximate surface area is 219 Å². The number of anilines is 1. The van der Waals surface area contributed by atoms with Crippen molar-refractivity contribution in [2.75, 3.05) is 18.0 Å². The lowest BCUT2D eigenvalue weighted by Crippen LogP contribution is -2.56. The molecule has 1 aliphatic heterocycles. The predicted octanol–water partition coefficient (Wildman–Crippen LogP) is 4.76. The molecule has 0 unspecified atom stereocenters. The molecule has 0 radical (unpaired) electrons. The molecule has 9 heteroatoms. The Kier molecular flexibility index (Phi) is 6.67. The van der Waals surface area contributed by atoms with E-state index in [1.54, 1.807) is 66.3 Å². The number of benzene rings is 1. The highest BCUT2D eigenvalue weighted by atomic mass is 35.5. The van der Waals surface area contributed by atoms with Gasteiger partial charge in [-0.3, -0.25) is 14.7 Å². The molecule has 0 saturated carbocycles. The lowest BCUT2D eigenvalue weighted by Gasteiger charge is -2.45. The number of piperazine rings is 1. The van der Waals surface area contributed by atoms with E-state index in [0.29, 0.717) is 58.3 Å². The van der Waals surface area contributed by atoms with Crippen LogP contribution in [0, 0.1) is 17.1 Å². The Morgan fingerprint density at radius 1 is 1.11 bits per heavy atom. The van der Waals surface area contributed by atoms with Crippen LogP contribution in [0.1, 0.15) is 25.2 Å². The molecule has 0 spiro atoms. The number of nitrogens with zero attached hydrogens (tertiary/aromatic N) is 6. The zero-order chi connectivity index (χ0) is 26.3. The van der Waals surface area contributed by atoms with Crippen molar-refractivity contribution in [3.05, 3.63) is 87.3 Å². The maximum Gasteiger partial charge on any atom is 0.252 e. The summed E-state index contributed by atoms with van der Waals surface area (Å²) in [7, 11) is 1.70. The van der Waals surface area contributed by atoms with Gasteiger partial charge < -0.3 is 9.47 Å². The molecule has 5 rings (SSSR count). The molecule has 7 nitrogen and oxygen atoms in total. The quantitative estimate of drug-likeness (QED) is 0.389. The number of rotatable bonds is 4. The molecule has 0 amide bonds. The smallest absolute Gasteiger partial charge is 0.252 e. The van der Waals surface area contributed by atoms with E-state index >= 15 is 4.39 Å². The van der Waals surface area contributed by atoms with Crippen LogP contribution in [0.25, 0.3) is 22.2 Å². The van der Waals surface area contributed by atoms with Gasteiger partial charge in [0.25, 0.3) is 5.56 Å². The van der Waals surface area contributed by atoms with Gasteiger partial charge in [-0.15, -0.1) is 0 Å². The van der Waals surface area contributed by atoms with Gasteiger partial charge >= 0.3 is 0 Å². The van der Waals surface area contributed by atoms with Crippen molar-refractivity contribution in [1.29, 1.82) is 5.26 Å². The van der Waals surface area contributed by atoms with Gasteiger partial charge in [0.15, 0.2) is 5.82 Å². The van der Waals surface area contributed by atoms with Crippen molar-refractivity contribution in [2.45, 2.75) is 32.5 Å². The minimum atomic E-state index is -0.335. The minimum Gasteiger partial charge on any atom is -0.364 e. The van der Waals surface area contributed by atoms with Crippen molar-refractivity contribution in [3.8, 4) is 17.2 Å². The van der Waals surface area contributed by atoms with Crippen LogP contribution in [0.2, 0.25) is 5.02 Å². The van der Waals surface area contributed by atoms with Crippen LogP contribution in [0.15, 0.2) is 59.5 Å².